The third-order valence-electron chi connectivity index (χ3n) is 1.44. The van der Waals surface area contributed by atoms with Crippen LogP contribution in [-0.4, -0.2) is 10.4 Å². The van der Waals surface area contributed by atoms with Crippen LogP contribution in [0.2, 0.25) is 5.02 Å². The second-order valence-electron chi connectivity index (χ2n) is 2.34. The molecule has 0 aromatic heterocycles. The van der Waals surface area contributed by atoms with Gasteiger partial charge in [-0.05, 0) is 24.6 Å². The van der Waals surface area contributed by atoms with Crippen LogP contribution in [0.1, 0.15) is 5.56 Å². The zero-order valence-electron chi connectivity index (χ0n) is 6.25. The van der Waals surface area contributed by atoms with E-state index in [2.05, 4.69) is 0 Å². The molecule has 0 heterocycles. The molecule has 0 fully saturated rings. The summed E-state index contributed by atoms with van der Waals surface area (Å²) in [6.45, 7) is 1.63. The van der Waals surface area contributed by atoms with Crippen molar-refractivity contribution < 1.29 is 14.8 Å². The highest BCUT2D eigenvalue weighted by Gasteiger charge is 2.09. The molecule has 0 aliphatic rings. The lowest BCUT2D eigenvalue weighted by Gasteiger charge is -2.10. The van der Waals surface area contributed by atoms with Crippen molar-refractivity contribution in [1.29, 1.82) is 0 Å². The Bertz CT molecular complexity index is 304. The van der Waals surface area contributed by atoms with Crippen LogP contribution in [0.15, 0.2) is 12.1 Å². The predicted molar refractivity (Wildman–Crippen MR) is 42.2 cm³/mol. The van der Waals surface area contributed by atoms with Gasteiger partial charge in [-0.2, -0.15) is 0 Å². The van der Waals surface area contributed by atoms with Crippen molar-refractivity contribution in [2.45, 2.75) is 6.92 Å². The first kappa shape index (κ1) is 9.25. The molecule has 1 rings (SSSR count). The van der Waals surface area contributed by atoms with Crippen LogP contribution < -0.4 is 5.23 Å². The fourth-order valence-electron chi connectivity index (χ4n) is 0.795. The van der Waals surface area contributed by atoms with Gasteiger partial charge in [0, 0.05) is 5.02 Å². The summed E-state index contributed by atoms with van der Waals surface area (Å²) in [5.41, 5.74) is 0.248. The Kier molecular flexibility index (Phi) is 2.52. The number of hydrogen-bond donors (Lipinski definition) is 2. The summed E-state index contributed by atoms with van der Waals surface area (Å²) in [5.74, 6) is -0.782. The van der Waals surface area contributed by atoms with Crippen molar-refractivity contribution in [2.24, 2.45) is 0 Å². The second kappa shape index (κ2) is 3.26. The zero-order valence-corrected chi connectivity index (χ0v) is 7.01. The van der Waals surface area contributed by atoms with E-state index >= 15 is 0 Å². The minimum Gasteiger partial charge on any atom is -0.264 e. The van der Waals surface area contributed by atoms with Crippen LogP contribution in [-0.2, 0) is 0 Å². The summed E-state index contributed by atoms with van der Waals surface area (Å²) in [5, 5.41) is 17.0. The van der Waals surface area contributed by atoms with Crippen LogP contribution in [0.5, 0.6) is 0 Å². The van der Waals surface area contributed by atoms with E-state index in [0.29, 0.717) is 5.56 Å². The van der Waals surface area contributed by atoms with Crippen molar-refractivity contribution in [2.75, 3.05) is 5.23 Å². The largest absolute Gasteiger partial charge is 0.264 e. The number of hydrogen-bond acceptors (Lipinski definition) is 3. The number of rotatable bonds is 1. The van der Waals surface area contributed by atoms with Gasteiger partial charge in [-0.1, -0.05) is 11.6 Å². The van der Waals surface area contributed by atoms with Crippen LogP contribution in [0.4, 0.5) is 10.1 Å². The molecule has 3 nitrogen and oxygen atoms in total. The molecule has 12 heavy (non-hydrogen) atoms. The predicted octanol–water partition coefficient (Wildman–Crippen LogP) is 2.37. The lowest BCUT2D eigenvalue weighted by molar-refractivity contribution is 0.0272. The van der Waals surface area contributed by atoms with Crippen molar-refractivity contribution in [3.63, 3.8) is 0 Å². The first-order valence-corrected chi connectivity index (χ1v) is 3.53. The van der Waals surface area contributed by atoms with Crippen molar-refractivity contribution in [1.82, 2.24) is 0 Å². The number of halogens is 2. The molecule has 0 bridgehead atoms. The van der Waals surface area contributed by atoms with Gasteiger partial charge in [0.05, 0.1) is 0 Å². The summed E-state index contributed by atoms with van der Waals surface area (Å²) < 4.78 is 12.8. The lowest BCUT2D eigenvalue weighted by Crippen LogP contribution is -2.12. The van der Waals surface area contributed by atoms with E-state index < -0.39 is 5.82 Å². The molecule has 1 aromatic carbocycles. The molecule has 0 saturated heterocycles. The molecule has 0 aliphatic heterocycles. The molecular formula is C7H7ClFNO2. The lowest BCUT2D eigenvalue weighted by atomic mass is 10.2. The van der Waals surface area contributed by atoms with E-state index in [1.54, 1.807) is 6.92 Å². The third kappa shape index (κ3) is 1.66. The Morgan fingerprint density at radius 2 is 2.00 bits per heavy atom. The quantitative estimate of drug-likeness (QED) is 0.670. The number of benzene rings is 1. The van der Waals surface area contributed by atoms with Gasteiger partial charge < -0.3 is 0 Å². The average molecular weight is 192 g/mol. The minimum absolute atomic E-state index is 0.248. The molecule has 0 amide bonds. The SMILES string of the molecule is Cc1cc(N(O)O)c(F)cc1Cl. The molecule has 5 heteroatoms. The molecule has 0 radical (unpaired) electrons. The van der Waals surface area contributed by atoms with Crippen LogP contribution >= 0.6 is 11.6 Å². The third-order valence-corrected chi connectivity index (χ3v) is 1.85. The molecule has 0 saturated carbocycles. The van der Waals surface area contributed by atoms with Gasteiger partial charge in [0.15, 0.2) is 5.82 Å². The van der Waals surface area contributed by atoms with Crippen LogP contribution in [0.25, 0.3) is 0 Å². The Labute approximate surface area is 73.5 Å². The van der Waals surface area contributed by atoms with Gasteiger partial charge in [-0.15, -0.1) is 5.23 Å². The molecular weight excluding hydrogens is 185 g/mol. The zero-order chi connectivity index (χ0) is 9.30. The van der Waals surface area contributed by atoms with Crippen LogP contribution in [0.3, 0.4) is 0 Å². The van der Waals surface area contributed by atoms with Gasteiger partial charge in [-0.25, -0.2) is 4.39 Å². The van der Waals surface area contributed by atoms with Gasteiger partial charge >= 0.3 is 0 Å². The molecule has 0 atom stereocenters. The Morgan fingerprint density at radius 1 is 1.42 bits per heavy atom. The molecule has 0 unspecified atom stereocenters. The number of nitrogens with zero attached hydrogens (tertiary/aromatic N) is 1. The molecule has 0 aliphatic carbocycles. The number of anilines is 1. The summed E-state index contributed by atoms with van der Waals surface area (Å²) in [7, 11) is 0. The molecule has 0 spiro atoms. The first-order valence-electron chi connectivity index (χ1n) is 3.16. The molecule has 66 valence electrons. The van der Waals surface area contributed by atoms with Crippen molar-refractivity contribution in [3.05, 3.63) is 28.5 Å². The maximum atomic E-state index is 12.8. The summed E-state index contributed by atoms with van der Waals surface area (Å²) in [6.07, 6.45) is 0. The van der Waals surface area contributed by atoms with E-state index in [-0.39, 0.29) is 15.9 Å². The average Bonchev–Trinajstić information content (AvgIpc) is 1.96. The normalized spacial score (nSPS) is 10.1. The Balaban J connectivity index is 3.23. The van der Waals surface area contributed by atoms with E-state index in [0.717, 1.165) is 6.07 Å². The maximum absolute atomic E-state index is 12.8. The first-order chi connectivity index (χ1) is 5.52. The standard InChI is InChI=1S/C7H7ClFNO2/c1-4-2-7(10(11)12)6(9)3-5(4)8/h2-3,11-12H,1H3. The maximum Gasteiger partial charge on any atom is 0.153 e. The fourth-order valence-corrected chi connectivity index (χ4v) is 0.946. The second-order valence-corrected chi connectivity index (χ2v) is 2.75. The van der Waals surface area contributed by atoms with E-state index in [9.17, 15) is 4.39 Å². The van der Waals surface area contributed by atoms with E-state index in [4.69, 9.17) is 22.0 Å². The summed E-state index contributed by atoms with van der Waals surface area (Å²) in [6, 6.07) is 2.25. The fraction of sp³-hybridized carbons (Fsp3) is 0.143. The Hall–Kier alpha value is -0.840. The van der Waals surface area contributed by atoms with Crippen LogP contribution in [0, 0.1) is 12.7 Å². The van der Waals surface area contributed by atoms with E-state index in [1.807, 2.05) is 0 Å². The van der Waals surface area contributed by atoms with Gasteiger partial charge in [-0.3, -0.25) is 10.4 Å². The molecule has 2 N–H and O–H groups in total. The van der Waals surface area contributed by atoms with Gasteiger partial charge in [0.25, 0.3) is 0 Å². The van der Waals surface area contributed by atoms with Gasteiger partial charge in [0.1, 0.15) is 5.69 Å². The summed E-state index contributed by atoms with van der Waals surface area (Å²) in [4.78, 5) is 0. The Morgan fingerprint density at radius 3 is 2.50 bits per heavy atom. The molecule has 1 aromatic rings. The highest BCUT2D eigenvalue weighted by atomic mass is 35.5. The highest BCUT2D eigenvalue weighted by molar-refractivity contribution is 6.31. The van der Waals surface area contributed by atoms with Crippen molar-refractivity contribution >= 4 is 17.3 Å². The van der Waals surface area contributed by atoms with Crippen molar-refractivity contribution in [3.8, 4) is 0 Å². The minimum atomic E-state index is -0.782. The monoisotopic (exact) mass is 191 g/mol. The van der Waals surface area contributed by atoms with E-state index in [1.165, 1.54) is 6.07 Å². The highest BCUT2D eigenvalue weighted by Crippen LogP contribution is 2.24. The topological polar surface area (TPSA) is 43.7 Å². The summed E-state index contributed by atoms with van der Waals surface area (Å²) >= 11 is 5.57. The van der Waals surface area contributed by atoms with Gasteiger partial charge in [0.2, 0.25) is 0 Å². The smallest absolute Gasteiger partial charge is 0.153 e. The number of aryl methyl sites for hydroxylation is 1.